The van der Waals surface area contributed by atoms with Crippen molar-refractivity contribution in [1.82, 2.24) is 4.98 Å². The minimum absolute atomic E-state index is 0.0733. The van der Waals surface area contributed by atoms with Gasteiger partial charge in [-0.25, -0.2) is 4.98 Å². The fourth-order valence-electron chi connectivity index (χ4n) is 3.08. The maximum Gasteiger partial charge on any atom is 0.573 e. The predicted molar refractivity (Wildman–Crippen MR) is 100 cm³/mol. The van der Waals surface area contributed by atoms with Crippen molar-refractivity contribution in [3.05, 3.63) is 65.7 Å². The smallest absolute Gasteiger partial charge is 0.406 e. The highest BCUT2D eigenvalue weighted by atomic mass is 19.4. The minimum Gasteiger partial charge on any atom is -0.406 e. The number of anilines is 1. The van der Waals surface area contributed by atoms with Crippen LogP contribution >= 0.6 is 0 Å². The maximum atomic E-state index is 12.4. The number of nitrogen functional groups attached to an aromatic ring is 1. The topological polar surface area (TPSA) is 71.9 Å². The van der Waals surface area contributed by atoms with Gasteiger partial charge in [0.15, 0.2) is 0 Å². The van der Waals surface area contributed by atoms with E-state index in [-0.39, 0.29) is 17.1 Å². The lowest BCUT2D eigenvalue weighted by molar-refractivity contribution is -0.274. The molecule has 2 N–H and O–H groups in total. The number of nitrogens with two attached hydrogens (primary N) is 1. The summed E-state index contributed by atoms with van der Waals surface area (Å²) in [5.41, 5.74) is 9.64. The molecule has 7 heteroatoms. The van der Waals surface area contributed by atoms with Gasteiger partial charge in [-0.3, -0.25) is 0 Å². The second-order valence-electron chi connectivity index (χ2n) is 5.98. The van der Waals surface area contributed by atoms with Crippen LogP contribution in [-0.4, -0.2) is 11.3 Å². The number of nitrogens with zero attached hydrogens (tertiary/aromatic N) is 2. The highest BCUT2D eigenvalue weighted by molar-refractivity contribution is 5.84. The number of hydrogen-bond donors (Lipinski definition) is 1. The van der Waals surface area contributed by atoms with Crippen molar-refractivity contribution in [2.24, 2.45) is 0 Å². The standard InChI is InChI=1S/C21H16F3N3O/c1-2-16-18(13-8-10-15(11-9-13)28-21(22,23)24)17(12-25)20(26)27-19(16)14-6-4-3-5-7-14/h3-11H,2H2,1H3,(H2,26,27). The molecule has 0 atom stereocenters. The number of aromatic nitrogens is 1. The summed E-state index contributed by atoms with van der Waals surface area (Å²) in [6.07, 6.45) is -4.21. The molecule has 0 amide bonds. The van der Waals surface area contributed by atoms with E-state index < -0.39 is 6.36 Å². The number of halogens is 3. The van der Waals surface area contributed by atoms with Crippen molar-refractivity contribution in [3.63, 3.8) is 0 Å². The molecule has 3 rings (SSSR count). The quantitative estimate of drug-likeness (QED) is 0.661. The monoisotopic (exact) mass is 383 g/mol. The molecule has 142 valence electrons. The second-order valence-corrected chi connectivity index (χ2v) is 5.98. The predicted octanol–water partition coefficient (Wildman–Crippen LogP) is 5.33. The van der Waals surface area contributed by atoms with Crippen LogP contribution in [0.15, 0.2) is 54.6 Å². The fourth-order valence-corrected chi connectivity index (χ4v) is 3.08. The Morgan fingerprint density at radius 2 is 1.68 bits per heavy atom. The molecular formula is C21H16F3N3O. The SMILES string of the molecule is CCc1c(-c2ccccc2)nc(N)c(C#N)c1-c1ccc(OC(F)(F)F)cc1. The summed E-state index contributed by atoms with van der Waals surface area (Å²) in [6.45, 7) is 1.92. The summed E-state index contributed by atoms with van der Waals surface area (Å²) in [7, 11) is 0. The Hall–Kier alpha value is -3.53. The van der Waals surface area contributed by atoms with Gasteiger partial charge in [0.05, 0.1) is 5.69 Å². The van der Waals surface area contributed by atoms with Gasteiger partial charge in [0.1, 0.15) is 23.2 Å². The molecule has 2 aromatic carbocycles. The Balaban J connectivity index is 2.19. The van der Waals surface area contributed by atoms with Crippen LogP contribution in [0.4, 0.5) is 19.0 Å². The van der Waals surface area contributed by atoms with Crippen LogP contribution in [0.5, 0.6) is 5.75 Å². The van der Waals surface area contributed by atoms with E-state index in [1.165, 1.54) is 24.3 Å². The molecule has 0 bridgehead atoms. The Labute approximate surface area is 160 Å². The summed E-state index contributed by atoms with van der Waals surface area (Å²) < 4.78 is 41.1. The van der Waals surface area contributed by atoms with Gasteiger partial charge in [-0.15, -0.1) is 13.2 Å². The van der Waals surface area contributed by atoms with Gasteiger partial charge in [-0.05, 0) is 29.7 Å². The molecule has 0 spiro atoms. The Bertz CT molecular complexity index is 1020. The first-order chi connectivity index (χ1) is 13.3. The molecule has 0 aliphatic carbocycles. The average molecular weight is 383 g/mol. The third-order valence-corrected chi connectivity index (χ3v) is 4.22. The van der Waals surface area contributed by atoms with E-state index in [2.05, 4.69) is 15.8 Å². The zero-order valence-corrected chi connectivity index (χ0v) is 14.9. The van der Waals surface area contributed by atoms with E-state index in [4.69, 9.17) is 5.73 Å². The van der Waals surface area contributed by atoms with Crippen molar-refractivity contribution in [2.75, 3.05) is 5.73 Å². The van der Waals surface area contributed by atoms with Crippen LogP contribution in [0.1, 0.15) is 18.1 Å². The Morgan fingerprint density at radius 1 is 1.04 bits per heavy atom. The first-order valence-corrected chi connectivity index (χ1v) is 8.48. The van der Waals surface area contributed by atoms with Gasteiger partial charge in [0.2, 0.25) is 0 Å². The summed E-state index contributed by atoms with van der Waals surface area (Å²) in [4.78, 5) is 4.42. The fraction of sp³-hybridized carbons (Fsp3) is 0.143. The molecule has 0 aliphatic rings. The van der Waals surface area contributed by atoms with Crippen LogP contribution in [0.3, 0.4) is 0 Å². The number of nitriles is 1. The van der Waals surface area contributed by atoms with Crippen molar-refractivity contribution >= 4 is 5.82 Å². The third-order valence-electron chi connectivity index (χ3n) is 4.22. The van der Waals surface area contributed by atoms with Gasteiger partial charge in [0.25, 0.3) is 0 Å². The van der Waals surface area contributed by atoms with E-state index >= 15 is 0 Å². The van der Waals surface area contributed by atoms with Crippen LogP contribution in [0.2, 0.25) is 0 Å². The Morgan fingerprint density at radius 3 is 2.21 bits per heavy atom. The first-order valence-electron chi connectivity index (χ1n) is 8.48. The van der Waals surface area contributed by atoms with Crippen molar-refractivity contribution < 1.29 is 17.9 Å². The van der Waals surface area contributed by atoms with Crippen LogP contribution < -0.4 is 10.5 Å². The zero-order valence-electron chi connectivity index (χ0n) is 14.9. The largest absolute Gasteiger partial charge is 0.573 e. The van der Waals surface area contributed by atoms with Crippen molar-refractivity contribution in [1.29, 1.82) is 5.26 Å². The first kappa shape index (κ1) is 19.2. The number of alkyl halides is 3. The lowest BCUT2D eigenvalue weighted by atomic mass is 9.90. The van der Waals surface area contributed by atoms with E-state index in [1.807, 2.05) is 37.3 Å². The summed E-state index contributed by atoms with van der Waals surface area (Å²) in [5.74, 6) is -0.262. The molecule has 1 aromatic heterocycles. The van der Waals surface area contributed by atoms with Crippen LogP contribution in [-0.2, 0) is 6.42 Å². The van der Waals surface area contributed by atoms with E-state index in [9.17, 15) is 18.4 Å². The Kier molecular flexibility index (Phi) is 5.23. The second kappa shape index (κ2) is 7.61. The molecule has 0 unspecified atom stereocenters. The van der Waals surface area contributed by atoms with Crippen LogP contribution in [0, 0.1) is 11.3 Å². The molecule has 0 fully saturated rings. The third kappa shape index (κ3) is 3.91. The molecule has 0 radical (unpaired) electrons. The van der Waals surface area contributed by atoms with Crippen molar-refractivity contribution in [3.8, 4) is 34.2 Å². The lowest BCUT2D eigenvalue weighted by Crippen LogP contribution is -2.17. The number of hydrogen-bond acceptors (Lipinski definition) is 4. The summed E-state index contributed by atoms with van der Waals surface area (Å²) >= 11 is 0. The molecular weight excluding hydrogens is 367 g/mol. The van der Waals surface area contributed by atoms with Gasteiger partial charge >= 0.3 is 6.36 Å². The number of rotatable bonds is 4. The van der Waals surface area contributed by atoms with E-state index in [0.29, 0.717) is 23.2 Å². The molecule has 0 saturated heterocycles. The molecule has 28 heavy (non-hydrogen) atoms. The number of pyridine rings is 1. The van der Waals surface area contributed by atoms with Gasteiger partial charge in [-0.1, -0.05) is 49.4 Å². The normalized spacial score (nSPS) is 11.1. The molecule has 1 heterocycles. The highest BCUT2D eigenvalue weighted by Crippen LogP contribution is 2.37. The minimum atomic E-state index is -4.77. The lowest BCUT2D eigenvalue weighted by Gasteiger charge is -2.17. The van der Waals surface area contributed by atoms with Crippen molar-refractivity contribution in [2.45, 2.75) is 19.7 Å². The van der Waals surface area contributed by atoms with E-state index in [0.717, 1.165) is 11.1 Å². The summed E-state index contributed by atoms with van der Waals surface area (Å²) in [6, 6.07) is 16.8. The molecule has 0 aliphatic heterocycles. The van der Waals surface area contributed by atoms with Gasteiger partial charge in [0, 0.05) is 11.1 Å². The van der Waals surface area contributed by atoms with Crippen LogP contribution in [0.25, 0.3) is 22.4 Å². The van der Waals surface area contributed by atoms with Gasteiger partial charge < -0.3 is 10.5 Å². The maximum absolute atomic E-state index is 12.4. The summed E-state index contributed by atoms with van der Waals surface area (Å²) in [5, 5.41) is 9.61. The van der Waals surface area contributed by atoms with E-state index in [1.54, 1.807) is 0 Å². The molecule has 4 nitrogen and oxygen atoms in total. The van der Waals surface area contributed by atoms with Gasteiger partial charge in [-0.2, -0.15) is 5.26 Å². The molecule has 3 aromatic rings. The number of ether oxygens (including phenoxy) is 1. The number of benzene rings is 2. The molecule has 0 saturated carbocycles. The highest BCUT2D eigenvalue weighted by Gasteiger charge is 2.31. The zero-order chi connectivity index (χ0) is 20.3. The average Bonchev–Trinajstić information content (AvgIpc) is 2.67.